The van der Waals surface area contributed by atoms with E-state index in [0.717, 1.165) is 0 Å². The van der Waals surface area contributed by atoms with Crippen LogP contribution in [0.25, 0.3) is 0 Å². The van der Waals surface area contributed by atoms with Crippen molar-refractivity contribution in [3.63, 3.8) is 0 Å². The Morgan fingerprint density at radius 2 is 2.15 bits per heavy atom. The minimum absolute atomic E-state index is 0.103. The van der Waals surface area contributed by atoms with Crippen LogP contribution in [0.3, 0.4) is 0 Å². The summed E-state index contributed by atoms with van der Waals surface area (Å²) in [6.45, 7) is 0.378. The highest BCUT2D eigenvalue weighted by molar-refractivity contribution is 5.35. The van der Waals surface area contributed by atoms with Crippen LogP contribution in [-0.4, -0.2) is 28.2 Å². The standard InChI is InChI=1S/C13H16F2N4O/c1-10(16-6-8-19-9-7-17-18-19)11-4-2-3-5-12(11)20-13(14)15/h2-5,7,9-10,13,16H,6,8H2,1H3. The lowest BCUT2D eigenvalue weighted by Gasteiger charge is -2.18. The summed E-state index contributed by atoms with van der Waals surface area (Å²) in [5, 5.41) is 10.8. The fourth-order valence-corrected chi connectivity index (χ4v) is 1.90. The molecule has 20 heavy (non-hydrogen) atoms. The third kappa shape index (κ3) is 3.99. The van der Waals surface area contributed by atoms with Gasteiger partial charge in [-0.1, -0.05) is 23.4 Å². The van der Waals surface area contributed by atoms with E-state index in [4.69, 9.17) is 0 Å². The first kappa shape index (κ1) is 14.4. The molecule has 0 spiro atoms. The van der Waals surface area contributed by atoms with E-state index in [9.17, 15) is 8.78 Å². The zero-order valence-corrected chi connectivity index (χ0v) is 11.0. The lowest BCUT2D eigenvalue weighted by molar-refractivity contribution is -0.0506. The molecule has 5 nitrogen and oxygen atoms in total. The normalized spacial score (nSPS) is 12.6. The Morgan fingerprint density at radius 1 is 1.35 bits per heavy atom. The molecule has 0 aliphatic carbocycles. The van der Waals surface area contributed by atoms with Gasteiger partial charge in [0.25, 0.3) is 0 Å². The van der Waals surface area contributed by atoms with Crippen molar-refractivity contribution in [2.75, 3.05) is 6.54 Å². The maximum Gasteiger partial charge on any atom is 0.387 e. The molecule has 2 aromatic rings. The number of alkyl halides is 2. The Balaban J connectivity index is 1.92. The van der Waals surface area contributed by atoms with Crippen LogP contribution in [0.15, 0.2) is 36.7 Å². The van der Waals surface area contributed by atoms with E-state index in [2.05, 4.69) is 20.4 Å². The SMILES string of the molecule is CC(NCCn1ccnn1)c1ccccc1OC(F)F. The van der Waals surface area contributed by atoms with Gasteiger partial charge >= 0.3 is 6.61 Å². The molecule has 0 aliphatic rings. The number of rotatable bonds is 7. The van der Waals surface area contributed by atoms with E-state index in [1.165, 1.54) is 6.07 Å². The van der Waals surface area contributed by atoms with Gasteiger partial charge in [0, 0.05) is 24.3 Å². The molecule has 1 atom stereocenters. The molecule has 0 saturated heterocycles. The summed E-state index contributed by atoms with van der Waals surface area (Å²) in [6, 6.07) is 6.67. The van der Waals surface area contributed by atoms with E-state index >= 15 is 0 Å². The van der Waals surface area contributed by atoms with Gasteiger partial charge < -0.3 is 10.1 Å². The van der Waals surface area contributed by atoms with Crippen molar-refractivity contribution in [3.8, 4) is 5.75 Å². The van der Waals surface area contributed by atoms with Crippen LogP contribution in [0.2, 0.25) is 0 Å². The first-order valence-corrected chi connectivity index (χ1v) is 6.28. The van der Waals surface area contributed by atoms with Crippen molar-refractivity contribution >= 4 is 0 Å². The molecule has 1 aromatic heterocycles. The largest absolute Gasteiger partial charge is 0.434 e. The summed E-state index contributed by atoms with van der Waals surface area (Å²) in [7, 11) is 0. The molecule has 0 bridgehead atoms. The number of benzene rings is 1. The van der Waals surface area contributed by atoms with Crippen molar-refractivity contribution < 1.29 is 13.5 Å². The monoisotopic (exact) mass is 282 g/mol. The molecular weight excluding hydrogens is 266 g/mol. The molecule has 0 aliphatic heterocycles. The third-order valence-corrected chi connectivity index (χ3v) is 2.86. The van der Waals surface area contributed by atoms with Crippen LogP contribution in [0, 0.1) is 0 Å². The fourth-order valence-electron chi connectivity index (χ4n) is 1.90. The minimum Gasteiger partial charge on any atom is -0.434 e. The van der Waals surface area contributed by atoms with Crippen molar-refractivity contribution in [1.82, 2.24) is 20.3 Å². The van der Waals surface area contributed by atoms with E-state index in [1.807, 2.05) is 6.92 Å². The average Bonchev–Trinajstić information content (AvgIpc) is 2.91. The van der Waals surface area contributed by atoms with Crippen molar-refractivity contribution in [2.24, 2.45) is 0 Å². The van der Waals surface area contributed by atoms with E-state index in [1.54, 1.807) is 35.3 Å². The summed E-state index contributed by atoms with van der Waals surface area (Å²) in [4.78, 5) is 0. The fraction of sp³-hybridized carbons (Fsp3) is 0.385. The molecule has 0 amide bonds. The maximum absolute atomic E-state index is 12.3. The van der Waals surface area contributed by atoms with E-state index in [-0.39, 0.29) is 11.8 Å². The van der Waals surface area contributed by atoms with Gasteiger partial charge in [0.1, 0.15) is 5.75 Å². The lowest BCUT2D eigenvalue weighted by atomic mass is 10.1. The molecule has 0 saturated carbocycles. The van der Waals surface area contributed by atoms with Gasteiger partial charge in [0.05, 0.1) is 12.7 Å². The Labute approximate surface area is 115 Å². The van der Waals surface area contributed by atoms with Crippen molar-refractivity contribution in [3.05, 3.63) is 42.2 Å². The van der Waals surface area contributed by atoms with E-state index in [0.29, 0.717) is 18.7 Å². The Kier molecular flexibility index (Phi) is 5.00. The van der Waals surface area contributed by atoms with E-state index < -0.39 is 6.61 Å². The van der Waals surface area contributed by atoms with Crippen molar-refractivity contribution in [1.29, 1.82) is 0 Å². The van der Waals surface area contributed by atoms with Crippen molar-refractivity contribution in [2.45, 2.75) is 26.1 Å². The molecule has 7 heteroatoms. The highest BCUT2D eigenvalue weighted by Gasteiger charge is 2.13. The molecule has 0 radical (unpaired) electrons. The van der Waals surface area contributed by atoms with Crippen LogP contribution in [0.5, 0.6) is 5.75 Å². The average molecular weight is 282 g/mol. The topological polar surface area (TPSA) is 52.0 Å². The second kappa shape index (κ2) is 6.95. The van der Waals surface area contributed by atoms with Crippen LogP contribution in [0.4, 0.5) is 8.78 Å². The molecule has 1 unspecified atom stereocenters. The molecule has 1 aromatic carbocycles. The molecule has 2 rings (SSSR count). The molecule has 1 heterocycles. The second-order valence-electron chi connectivity index (χ2n) is 4.26. The van der Waals surface area contributed by atoms with Crippen LogP contribution >= 0.6 is 0 Å². The maximum atomic E-state index is 12.3. The predicted molar refractivity (Wildman–Crippen MR) is 69.5 cm³/mol. The number of para-hydroxylation sites is 1. The van der Waals surface area contributed by atoms with Gasteiger partial charge in [-0.2, -0.15) is 8.78 Å². The third-order valence-electron chi connectivity index (χ3n) is 2.86. The zero-order chi connectivity index (χ0) is 14.4. The first-order valence-electron chi connectivity index (χ1n) is 6.28. The molecular formula is C13H16F2N4O. The van der Waals surface area contributed by atoms with Gasteiger partial charge in [-0.15, -0.1) is 5.10 Å². The number of hydrogen-bond acceptors (Lipinski definition) is 4. The smallest absolute Gasteiger partial charge is 0.387 e. The van der Waals surface area contributed by atoms with Crippen LogP contribution < -0.4 is 10.1 Å². The summed E-state index contributed by atoms with van der Waals surface area (Å²) in [5.74, 6) is 0.197. The zero-order valence-electron chi connectivity index (χ0n) is 11.0. The van der Waals surface area contributed by atoms with Gasteiger partial charge in [-0.05, 0) is 13.0 Å². The quantitative estimate of drug-likeness (QED) is 0.846. The lowest BCUT2D eigenvalue weighted by Crippen LogP contribution is -2.24. The second-order valence-corrected chi connectivity index (χ2v) is 4.26. The molecule has 1 N–H and O–H groups in total. The van der Waals surface area contributed by atoms with Gasteiger partial charge in [-0.3, -0.25) is 4.68 Å². The number of ether oxygens (including phenoxy) is 1. The Hall–Kier alpha value is -2.02. The molecule has 0 fully saturated rings. The number of nitrogens with zero attached hydrogens (tertiary/aromatic N) is 3. The molecule has 108 valence electrons. The van der Waals surface area contributed by atoms with Gasteiger partial charge in [0.15, 0.2) is 0 Å². The number of nitrogens with one attached hydrogen (secondary N) is 1. The highest BCUT2D eigenvalue weighted by Crippen LogP contribution is 2.26. The minimum atomic E-state index is -2.82. The Morgan fingerprint density at radius 3 is 2.85 bits per heavy atom. The van der Waals surface area contributed by atoms with Crippen LogP contribution in [-0.2, 0) is 6.54 Å². The first-order chi connectivity index (χ1) is 9.66. The predicted octanol–water partition coefficient (Wildman–Crippen LogP) is 2.23. The van der Waals surface area contributed by atoms with Gasteiger partial charge in [0.2, 0.25) is 0 Å². The summed E-state index contributed by atoms with van der Waals surface area (Å²) in [6.07, 6.45) is 3.37. The number of hydrogen-bond donors (Lipinski definition) is 1. The van der Waals surface area contributed by atoms with Gasteiger partial charge in [-0.25, -0.2) is 0 Å². The summed E-state index contributed by atoms with van der Waals surface area (Å²) in [5.41, 5.74) is 0.700. The number of halogens is 2. The highest BCUT2D eigenvalue weighted by atomic mass is 19.3. The Bertz CT molecular complexity index is 519. The summed E-state index contributed by atoms with van der Waals surface area (Å²) >= 11 is 0. The van der Waals surface area contributed by atoms with Crippen LogP contribution in [0.1, 0.15) is 18.5 Å². The number of aromatic nitrogens is 3. The summed E-state index contributed by atoms with van der Waals surface area (Å²) < 4.78 is 30.9.